The van der Waals surface area contributed by atoms with Crippen LogP contribution in [0.5, 0.6) is 5.75 Å². The third-order valence-electron chi connectivity index (χ3n) is 1.88. The van der Waals surface area contributed by atoms with Crippen LogP contribution in [0, 0.1) is 0 Å². The molecule has 2 aromatic carbocycles. The third kappa shape index (κ3) is 3.94. The predicted molar refractivity (Wildman–Crippen MR) is 78.6 cm³/mol. The molecule has 19 heavy (non-hydrogen) atoms. The average molecular weight is 277 g/mol. The summed E-state index contributed by atoms with van der Waals surface area (Å²) >= 11 is 0. The first-order valence-corrected chi connectivity index (χ1v) is 4.99. The first kappa shape index (κ1) is 3.54. The van der Waals surface area contributed by atoms with Gasteiger partial charge in [0.1, 0.15) is 18.4 Å². The minimum absolute atomic E-state index is 0.622. The fraction of sp³-hybridized carbons (Fsp3) is 0.375. The Bertz CT molecular complexity index is 1200. The van der Waals surface area contributed by atoms with Gasteiger partial charge in [-0.15, -0.1) is 0 Å². The maximum atomic E-state index is 10.5. The van der Waals surface area contributed by atoms with Gasteiger partial charge in [0.25, 0.3) is 0 Å². The lowest BCUT2D eigenvalue weighted by atomic mass is 10.1. The summed E-state index contributed by atoms with van der Waals surface area (Å²) in [4.78, 5) is 0. The van der Waals surface area contributed by atoms with Crippen molar-refractivity contribution < 1.29 is 34.5 Å². The Morgan fingerprint density at radius 1 is 1.37 bits per heavy atom. The van der Waals surface area contributed by atoms with Crippen molar-refractivity contribution in [3.05, 3.63) is 42.3 Å². The predicted octanol–water partition coefficient (Wildman–Crippen LogP) is 2.58. The lowest BCUT2D eigenvalue weighted by molar-refractivity contribution is 0.105. The molecule has 3 nitrogen and oxygen atoms in total. The standard InChI is InChI=1S/C16H21NO2/c1-12(2)17-10-14(18)11-19-16-9-5-7-13-6-3-4-8-15(13)16/h3-9,12,14,17-18H,10-11H2,1-2H3/i1D3,2D3,3D,4D,5D,6D,7D,8D,9D,10D2,11D2,12D. The second-order valence-corrected chi connectivity index (χ2v) is 3.22. The van der Waals surface area contributed by atoms with Crippen molar-refractivity contribution in [2.75, 3.05) is 13.1 Å². The summed E-state index contributed by atoms with van der Waals surface area (Å²) in [7, 11) is 0. The highest BCUT2D eigenvalue weighted by molar-refractivity contribution is 5.88. The van der Waals surface area contributed by atoms with Gasteiger partial charge in [0.2, 0.25) is 0 Å². The van der Waals surface area contributed by atoms with Gasteiger partial charge in [-0.2, -0.15) is 0 Å². The van der Waals surface area contributed by atoms with E-state index in [1.807, 2.05) is 0 Å². The molecule has 0 saturated heterocycles. The quantitative estimate of drug-likeness (QED) is 0.853. The van der Waals surface area contributed by atoms with Crippen LogP contribution in [0.4, 0.5) is 0 Å². The van der Waals surface area contributed by atoms with Gasteiger partial charge in [-0.25, -0.2) is 0 Å². The molecule has 2 N–H and O–H groups in total. The zero-order valence-corrected chi connectivity index (χ0v) is 9.43. The van der Waals surface area contributed by atoms with Crippen LogP contribution in [0.1, 0.15) is 38.4 Å². The van der Waals surface area contributed by atoms with Gasteiger partial charge < -0.3 is 15.2 Å². The fourth-order valence-corrected chi connectivity index (χ4v) is 1.15. The number of nitrogens with one attached hydrogen (secondary N) is 1. The van der Waals surface area contributed by atoms with E-state index in [1.165, 1.54) is 5.32 Å². The van der Waals surface area contributed by atoms with Crippen molar-refractivity contribution in [1.82, 2.24) is 5.32 Å². The number of aliphatic hydroxyl groups is 1. The van der Waals surface area contributed by atoms with Crippen molar-refractivity contribution in [3.8, 4) is 5.75 Å². The number of ether oxygens (including phenoxy) is 1. The molecule has 0 fully saturated rings. The summed E-state index contributed by atoms with van der Waals surface area (Å²) < 4.78 is 145. The Morgan fingerprint density at radius 2 is 2.16 bits per heavy atom. The molecule has 0 aliphatic rings. The van der Waals surface area contributed by atoms with Crippen LogP contribution in [0.3, 0.4) is 0 Å². The summed E-state index contributed by atoms with van der Waals surface area (Å²) in [6.45, 7) is -14.8. The lowest BCUT2D eigenvalue weighted by Crippen LogP contribution is -2.35. The Balaban J connectivity index is 2.70. The van der Waals surface area contributed by atoms with Crippen molar-refractivity contribution >= 4 is 10.8 Å². The monoisotopic (exact) mass is 277 g/mol. The van der Waals surface area contributed by atoms with Gasteiger partial charge in [-0.1, -0.05) is 50.0 Å². The minimum Gasteiger partial charge on any atom is -0.490 e. The summed E-state index contributed by atoms with van der Waals surface area (Å²) in [5.74, 6) is -1.06. The molecule has 1 atom stereocenters. The highest BCUT2D eigenvalue weighted by atomic mass is 16.5. The molecule has 102 valence electrons. The molecule has 0 bridgehead atoms. The summed E-state index contributed by atoms with van der Waals surface area (Å²) in [6.07, 6.45) is -3.11. The van der Waals surface area contributed by atoms with E-state index in [4.69, 9.17) is 29.4 Å². The SMILES string of the molecule is [2H]c1c([2H])c([2H])c2c(OC([2H])([2H])C(O)C([2H])([2H])NC([2H])(C([2H])([2H])[2H])C([2H])([2H])[2H])c([2H])c([2H])c([2H])c2c1[2H]. The van der Waals surface area contributed by atoms with E-state index in [0.29, 0.717) is 0 Å². The Morgan fingerprint density at radius 3 is 3.00 bits per heavy atom. The molecule has 0 saturated carbocycles. The van der Waals surface area contributed by atoms with Gasteiger partial charge in [0, 0.05) is 30.2 Å². The molecule has 0 aromatic heterocycles. The van der Waals surface area contributed by atoms with E-state index in [0.717, 1.165) is 0 Å². The molecule has 2 aromatic rings. The normalized spacial score (nSPS) is 29.9. The van der Waals surface area contributed by atoms with Crippen LogP contribution in [0.25, 0.3) is 10.8 Å². The molecular formula is C16H21NO2. The summed E-state index contributed by atoms with van der Waals surface area (Å²) in [5.41, 5.74) is 0. The maximum absolute atomic E-state index is 10.5. The van der Waals surface area contributed by atoms with Crippen LogP contribution in [-0.4, -0.2) is 30.3 Å². The van der Waals surface area contributed by atoms with E-state index in [9.17, 15) is 5.11 Å². The number of fused-ring (bicyclic) bond motifs is 1. The number of benzene rings is 2. The topological polar surface area (TPSA) is 41.5 Å². The van der Waals surface area contributed by atoms with Crippen LogP contribution in [-0.2, 0) is 0 Å². The summed E-state index contributed by atoms with van der Waals surface area (Å²) in [5, 5.41) is 10.5. The average Bonchev–Trinajstić information content (AvgIpc) is 2.73. The van der Waals surface area contributed by atoms with Crippen molar-refractivity contribution in [2.45, 2.75) is 25.8 Å². The second kappa shape index (κ2) is 6.55. The van der Waals surface area contributed by atoms with Crippen molar-refractivity contribution in [3.63, 3.8) is 0 Å². The second-order valence-electron chi connectivity index (χ2n) is 3.22. The molecular weight excluding hydrogens is 238 g/mol. The molecule has 0 aliphatic carbocycles. The van der Waals surface area contributed by atoms with Gasteiger partial charge >= 0.3 is 0 Å². The Labute approximate surface area is 139 Å². The molecule has 0 aliphatic heterocycles. The van der Waals surface area contributed by atoms with E-state index >= 15 is 0 Å². The van der Waals surface area contributed by atoms with E-state index in [1.54, 1.807) is 0 Å². The number of hydrogen-bond donors (Lipinski definition) is 2. The smallest absolute Gasteiger partial charge is 0.127 e. The zero-order valence-electron chi connectivity index (χ0n) is 27.4. The molecule has 0 spiro atoms. The van der Waals surface area contributed by atoms with Crippen LogP contribution in [0.15, 0.2) is 42.3 Å². The van der Waals surface area contributed by atoms with E-state index in [-0.39, 0.29) is 0 Å². The van der Waals surface area contributed by atoms with Gasteiger partial charge in [-0.05, 0) is 11.4 Å². The van der Waals surface area contributed by atoms with Gasteiger partial charge in [0.05, 0.1) is 12.3 Å². The first-order chi connectivity index (χ1) is 16.3. The number of rotatable bonds is 6. The first-order valence-electron chi connectivity index (χ1n) is 14.0. The van der Waals surface area contributed by atoms with Crippen LogP contribution < -0.4 is 10.1 Å². The Kier molecular flexibility index (Phi) is 1.22. The van der Waals surface area contributed by atoms with Crippen LogP contribution >= 0.6 is 0 Å². The number of aliphatic hydroxyl groups excluding tert-OH is 1. The van der Waals surface area contributed by atoms with Gasteiger partial charge in [0.15, 0.2) is 0 Å². The molecule has 3 heteroatoms. The summed E-state index contributed by atoms with van der Waals surface area (Å²) in [6, 6.07) is -9.92. The maximum Gasteiger partial charge on any atom is 0.127 e. The largest absolute Gasteiger partial charge is 0.490 e. The van der Waals surface area contributed by atoms with Crippen molar-refractivity contribution in [1.29, 1.82) is 0 Å². The molecule has 0 heterocycles. The highest BCUT2D eigenvalue weighted by Crippen LogP contribution is 2.25. The minimum atomic E-state index is -3.73. The lowest BCUT2D eigenvalue weighted by Gasteiger charge is -2.15. The fourth-order valence-electron chi connectivity index (χ4n) is 1.15. The van der Waals surface area contributed by atoms with Crippen LogP contribution in [0.2, 0.25) is 0 Å². The van der Waals surface area contributed by atoms with E-state index < -0.39 is 97.7 Å². The van der Waals surface area contributed by atoms with E-state index in [2.05, 4.69) is 0 Å². The molecule has 0 amide bonds. The third-order valence-corrected chi connectivity index (χ3v) is 1.88. The number of hydrogen-bond acceptors (Lipinski definition) is 3. The zero-order chi connectivity index (χ0) is 29.3. The Hall–Kier alpha value is -1.58. The van der Waals surface area contributed by atoms with Crippen molar-refractivity contribution in [2.24, 2.45) is 0 Å². The van der Waals surface area contributed by atoms with Gasteiger partial charge in [-0.3, -0.25) is 0 Å². The molecule has 2 rings (SSSR count). The molecule has 1 unspecified atom stereocenters. The highest BCUT2D eigenvalue weighted by Gasteiger charge is 2.07. The molecule has 0 radical (unpaired) electrons.